The molecule has 0 saturated carbocycles. The second-order valence-electron chi connectivity index (χ2n) is 6.46. The minimum Gasteiger partial charge on any atom is -0.326 e. The lowest BCUT2D eigenvalue weighted by Crippen LogP contribution is -2.38. The Morgan fingerprint density at radius 3 is 2.63 bits per heavy atom. The standard InChI is InChI=1S/C20H20IN3O3/c1-13-7-9-15(11-16(13)21)22-18(25)12-24-19(26)17(23-20(24)27)10-8-14-5-3-2-4-6-14/h2-7,9,11,17H,8,10,12H2,1H3,(H,22,25)(H,23,27). The molecule has 1 heterocycles. The first-order valence-corrected chi connectivity index (χ1v) is 9.73. The number of aryl methyl sites for hydroxylation is 2. The number of hydrogen-bond acceptors (Lipinski definition) is 3. The van der Waals surface area contributed by atoms with Crippen LogP contribution in [0.5, 0.6) is 0 Å². The second kappa shape index (κ2) is 8.51. The highest BCUT2D eigenvalue weighted by atomic mass is 127. The van der Waals surface area contributed by atoms with Crippen LogP contribution < -0.4 is 10.6 Å². The monoisotopic (exact) mass is 477 g/mol. The van der Waals surface area contributed by atoms with Gasteiger partial charge in [0.15, 0.2) is 0 Å². The first-order chi connectivity index (χ1) is 12.9. The Kier molecular flexibility index (Phi) is 6.10. The van der Waals surface area contributed by atoms with Gasteiger partial charge in [-0.05, 0) is 65.6 Å². The SMILES string of the molecule is Cc1ccc(NC(=O)CN2C(=O)NC(CCc3ccccc3)C2=O)cc1I. The number of nitrogens with zero attached hydrogens (tertiary/aromatic N) is 1. The summed E-state index contributed by atoms with van der Waals surface area (Å²) in [6.07, 6.45) is 1.18. The normalized spacial score (nSPS) is 16.4. The van der Waals surface area contributed by atoms with Crippen LogP contribution in [-0.4, -0.2) is 35.3 Å². The zero-order chi connectivity index (χ0) is 19.4. The molecule has 0 bridgehead atoms. The Hall–Kier alpha value is -2.42. The van der Waals surface area contributed by atoms with Crippen LogP contribution in [0.25, 0.3) is 0 Å². The van der Waals surface area contributed by atoms with Crippen molar-refractivity contribution in [1.82, 2.24) is 10.2 Å². The highest BCUT2D eigenvalue weighted by Gasteiger charge is 2.38. The summed E-state index contributed by atoms with van der Waals surface area (Å²) < 4.78 is 1.03. The maximum absolute atomic E-state index is 12.5. The van der Waals surface area contributed by atoms with Gasteiger partial charge in [0.25, 0.3) is 5.91 Å². The van der Waals surface area contributed by atoms with E-state index in [0.29, 0.717) is 18.5 Å². The molecular formula is C20H20IN3O3. The molecular weight excluding hydrogens is 457 g/mol. The first-order valence-electron chi connectivity index (χ1n) is 8.66. The van der Waals surface area contributed by atoms with E-state index in [0.717, 1.165) is 19.6 Å². The van der Waals surface area contributed by atoms with Crippen molar-refractivity contribution in [3.05, 3.63) is 63.2 Å². The molecule has 2 aromatic carbocycles. The van der Waals surface area contributed by atoms with E-state index in [1.54, 1.807) is 6.07 Å². The molecule has 3 rings (SSSR count). The number of nitrogens with one attached hydrogen (secondary N) is 2. The lowest BCUT2D eigenvalue weighted by atomic mass is 10.1. The Morgan fingerprint density at radius 1 is 1.19 bits per heavy atom. The third-order valence-electron chi connectivity index (χ3n) is 4.43. The summed E-state index contributed by atoms with van der Waals surface area (Å²) in [5, 5.41) is 5.40. The van der Waals surface area contributed by atoms with Crippen molar-refractivity contribution in [2.24, 2.45) is 0 Å². The number of halogens is 1. The Labute approximate surface area is 171 Å². The van der Waals surface area contributed by atoms with E-state index in [1.807, 2.05) is 49.4 Å². The van der Waals surface area contributed by atoms with Crippen molar-refractivity contribution in [2.75, 3.05) is 11.9 Å². The molecule has 1 fully saturated rings. The molecule has 1 unspecified atom stereocenters. The molecule has 1 aliphatic rings. The zero-order valence-corrected chi connectivity index (χ0v) is 17.0. The Bertz CT molecular complexity index is 870. The van der Waals surface area contributed by atoms with Crippen molar-refractivity contribution in [3.63, 3.8) is 0 Å². The van der Waals surface area contributed by atoms with Crippen LogP contribution >= 0.6 is 22.6 Å². The number of hydrogen-bond donors (Lipinski definition) is 2. The fraction of sp³-hybridized carbons (Fsp3) is 0.250. The number of imide groups is 1. The fourth-order valence-electron chi connectivity index (χ4n) is 2.89. The predicted molar refractivity (Wildman–Crippen MR) is 111 cm³/mol. The number of anilines is 1. The van der Waals surface area contributed by atoms with Gasteiger partial charge in [-0.1, -0.05) is 36.4 Å². The van der Waals surface area contributed by atoms with E-state index >= 15 is 0 Å². The van der Waals surface area contributed by atoms with Gasteiger partial charge in [0.2, 0.25) is 5.91 Å². The first kappa shape index (κ1) is 19.3. The van der Waals surface area contributed by atoms with Crippen LogP contribution in [0.4, 0.5) is 10.5 Å². The van der Waals surface area contributed by atoms with Crippen LogP contribution in [0.3, 0.4) is 0 Å². The van der Waals surface area contributed by atoms with Gasteiger partial charge in [-0.3, -0.25) is 14.5 Å². The summed E-state index contributed by atoms with van der Waals surface area (Å²) in [6, 6.07) is 14.2. The number of carbonyl (C=O) groups is 3. The molecule has 0 aromatic heterocycles. The zero-order valence-electron chi connectivity index (χ0n) is 14.9. The number of carbonyl (C=O) groups excluding carboxylic acids is 3. The minimum absolute atomic E-state index is 0.295. The number of rotatable bonds is 6. The minimum atomic E-state index is -0.592. The summed E-state index contributed by atoms with van der Waals surface area (Å²) in [7, 11) is 0. The molecule has 1 aliphatic heterocycles. The molecule has 2 N–H and O–H groups in total. The van der Waals surface area contributed by atoms with E-state index in [1.165, 1.54) is 0 Å². The predicted octanol–water partition coefficient (Wildman–Crippen LogP) is 3.09. The topological polar surface area (TPSA) is 78.5 Å². The van der Waals surface area contributed by atoms with E-state index < -0.39 is 18.0 Å². The van der Waals surface area contributed by atoms with Gasteiger partial charge >= 0.3 is 6.03 Å². The Morgan fingerprint density at radius 2 is 1.93 bits per heavy atom. The third-order valence-corrected chi connectivity index (χ3v) is 5.59. The lowest BCUT2D eigenvalue weighted by Gasteiger charge is -2.13. The molecule has 0 radical (unpaired) electrons. The van der Waals surface area contributed by atoms with Crippen molar-refractivity contribution in [1.29, 1.82) is 0 Å². The molecule has 27 heavy (non-hydrogen) atoms. The third kappa shape index (κ3) is 4.85. The summed E-state index contributed by atoms with van der Waals surface area (Å²) in [5.74, 6) is -0.758. The summed E-state index contributed by atoms with van der Waals surface area (Å²) >= 11 is 2.19. The second-order valence-corrected chi connectivity index (χ2v) is 7.63. The van der Waals surface area contributed by atoms with E-state index in [9.17, 15) is 14.4 Å². The van der Waals surface area contributed by atoms with Gasteiger partial charge in [0.1, 0.15) is 12.6 Å². The average molecular weight is 477 g/mol. The number of amides is 4. The summed E-state index contributed by atoms with van der Waals surface area (Å²) in [4.78, 5) is 37.8. The average Bonchev–Trinajstić information content (AvgIpc) is 2.91. The van der Waals surface area contributed by atoms with Crippen LogP contribution in [-0.2, 0) is 16.0 Å². The van der Waals surface area contributed by atoms with Gasteiger partial charge in [-0.25, -0.2) is 4.79 Å². The maximum atomic E-state index is 12.5. The van der Waals surface area contributed by atoms with Gasteiger partial charge in [-0.2, -0.15) is 0 Å². The summed E-state index contributed by atoms with van der Waals surface area (Å²) in [5.41, 5.74) is 2.86. The molecule has 2 aromatic rings. The van der Waals surface area contributed by atoms with Crippen molar-refractivity contribution >= 4 is 46.1 Å². The molecule has 140 valence electrons. The van der Waals surface area contributed by atoms with Crippen LogP contribution in [0.2, 0.25) is 0 Å². The van der Waals surface area contributed by atoms with Crippen molar-refractivity contribution in [2.45, 2.75) is 25.8 Å². The summed E-state index contributed by atoms with van der Waals surface area (Å²) in [6.45, 7) is 1.69. The van der Waals surface area contributed by atoms with Crippen molar-refractivity contribution in [3.8, 4) is 0 Å². The van der Waals surface area contributed by atoms with Gasteiger partial charge < -0.3 is 10.6 Å². The molecule has 7 heteroatoms. The van der Waals surface area contributed by atoms with E-state index in [4.69, 9.17) is 0 Å². The van der Waals surface area contributed by atoms with Gasteiger partial charge in [0.05, 0.1) is 0 Å². The van der Waals surface area contributed by atoms with E-state index in [2.05, 4.69) is 33.2 Å². The molecule has 6 nitrogen and oxygen atoms in total. The Balaban J connectivity index is 1.56. The molecule has 0 spiro atoms. The van der Waals surface area contributed by atoms with Crippen LogP contribution in [0.15, 0.2) is 48.5 Å². The quantitative estimate of drug-likeness (QED) is 0.496. The van der Waals surface area contributed by atoms with Gasteiger partial charge in [-0.15, -0.1) is 0 Å². The number of benzene rings is 2. The molecule has 1 atom stereocenters. The van der Waals surface area contributed by atoms with Crippen molar-refractivity contribution < 1.29 is 14.4 Å². The van der Waals surface area contributed by atoms with Crippen LogP contribution in [0.1, 0.15) is 17.5 Å². The van der Waals surface area contributed by atoms with Crippen LogP contribution in [0, 0.1) is 10.5 Å². The van der Waals surface area contributed by atoms with Gasteiger partial charge in [0, 0.05) is 9.26 Å². The molecule has 4 amide bonds. The smallest absolute Gasteiger partial charge is 0.325 e. The molecule has 0 aliphatic carbocycles. The van der Waals surface area contributed by atoms with E-state index in [-0.39, 0.29) is 12.5 Å². The molecule has 1 saturated heterocycles. The lowest BCUT2D eigenvalue weighted by molar-refractivity contribution is -0.130. The maximum Gasteiger partial charge on any atom is 0.325 e. The fourth-order valence-corrected chi connectivity index (χ4v) is 3.41. The number of urea groups is 1. The highest BCUT2D eigenvalue weighted by molar-refractivity contribution is 14.1. The largest absolute Gasteiger partial charge is 0.326 e. The highest BCUT2D eigenvalue weighted by Crippen LogP contribution is 2.18.